The number of nitrogens with zero attached hydrogens (tertiary/aromatic N) is 3. The van der Waals surface area contributed by atoms with Crippen molar-refractivity contribution in [3.8, 4) is 0 Å². The van der Waals surface area contributed by atoms with E-state index in [1.54, 1.807) is 6.92 Å². The van der Waals surface area contributed by atoms with Crippen molar-refractivity contribution in [2.45, 2.75) is 17.3 Å². The lowest BCUT2D eigenvalue weighted by molar-refractivity contribution is -0.117. The largest absolute Gasteiger partial charge is 0.369 e. The van der Waals surface area contributed by atoms with Crippen molar-refractivity contribution in [1.82, 2.24) is 15.0 Å². The number of primary amides is 1. The van der Waals surface area contributed by atoms with Crippen LogP contribution in [0.15, 0.2) is 5.16 Å². The first-order valence-corrected chi connectivity index (χ1v) is 4.60. The molecule has 1 atom stereocenters. The lowest BCUT2D eigenvalue weighted by Gasteiger charge is -2.05. The number of carbonyl (C=O) groups is 1. The van der Waals surface area contributed by atoms with Crippen LogP contribution < -0.4 is 17.2 Å². The van der Waals surface area contributed by atoms with E-state index in [1.165, 1.54) is 0 Å². The summed E-state index contributed by atoms with van der Waals surface area (Å²) in [4.78, 5) is 21.9. The molecule has 0 spiro atoms. The first-order chi connectivity index (χ1) is 6.49. The van der Waals surface area contributed by atoms with Gasteiger partial charge in [0.2, 0.25) is 17.8 Å². The van der Waals surface area contributed by atoms with Gasteiger partial charge in [-0.15, -0.1) is 0 Å². The van der Waals surface area contributed by atoms with Crippen molar-refractivity contribution in [2.24, 2.45) is 5.73 Å². The fourth-order valence-electron chi connectivity index (χ4n) is 0.657. The lowest BCUT2D eigenvalue weighted by atomic mass is 10.5. The highest BCUT2D eigenvalue weighted by Gasteiger charge is 2.13. The number of aromatic nitrogens is 3. The highest BCUT2D eigenvalue weighted by atomic mass is 32.2. The van der Waals surface area contributed by atoms with Crippen LogP contribution in [0.5, 0.6) is 0 Å². The molecule has 0 saturated carbocycles. The summed E-state index contributed by atoms with van der Waals surface area (Å²) in [6.07, 6.45) is 0. The Morgan fingerprint density at radius 1 is 1.29 bits per heavy atom. The molecule has 0 aliphatic rings. The van der Waals surface area contributed by atoms with E-state index in [2.05, 4.69) is 15.0 Å². The first kappa shape index (κ1) is 10.5. The summed E-state index contributed by atoms with van der Waals surface area (Å²) >= 11 is 1.08. The number of hydrogen-bond donors (Lipinski definition) is 3. The van der Waals surface area contributed by atoms with Crippen LogP contribution in [0.3, 0.4) is 0 Å². The second-order valence-electron chi connectivity index (χ2n) is 2.50. The summed E-state index contributed by atoms with van der Waals surface area (Å²) in [6.45, 7) is 1.64. The summed E-state index contributed by atoms with van der Waals surface area (Å²) in [5, 5.41) is -0.141. The summed E-state index contributed by atoms with van der Waals surface area (Å²) in [5.74, 6) is -0.402. The SMILES string of the molecule is C[C@@H](Sc1nc(N)nc(N)n1)C(N)=O. The van der Waals surface area contributed by atoms with E-state index in [1.807, 2.05) is 0 Å². The molecule has 6 N–H and O–H groups in total. The molecule has 0 bridgehead atoms. The number of rotatable bonds is 3. The Labute approximate surface area is 84.5 Å². The molecule has 0 aliphatic heterocycles. The standard InChI is InChI=1S/C6H10N6OS/c1-2(3(7)13)14-6-11-4(8)10-5(9)12-6/h2H,1H3,(H2,7,13)(H4,8,9,10,11,12)/t2-/m1/s1. The van der Waals surface area contributed by atoms with E-state index < -0.39 is 11.2 Å². The zero-order valence-electron chi connectivity index (χ0n) is 7.47. The molecule has 0 aliphatic carbocycles. The Morgan fingerprint density at radius 3 is 2.21 bits per heavy atom. The Kier molecular flexibility index (Phi) is 3.07. The van der Waals surface area contributed by atoms with Gasteiger partial charge in [-0.2, -0.15) is 15.0 Å². The van der Waals surface area contributed by atoms with Crippen LogP contribution in [-0.2, 0) is 4.79 Å². The highest BCUT2D eigenvalue weighted by Crippen LogP contribution is 2.19. The lowest BCUT2D eigenvalue weighted by Crippen LogP contribution is -2.23. The molecule has 0 unspecified atom stereocenters. The molecular formula is C6H10N6OS. The number of anilines is 2. The Balaban J connectivity index is 2.81. The van der Waals surface area contributed by atoms with Crippen LogP contribution in [0.4, 0.5) is 11.9 Å². The van der Waals surface area contributed by atoms with E-state index >= 15 is 0 Å². The molecular weight excluding hydrogens is 204 g/mol. The second-order valence-corrected chi connectivity index (χ2v) is 3.80. The second kappa shape index (κ2) is 4.09. The van der Waals surface area contributed by atoms with Gasteiger partial charge in [-0.3, -0.25) is 4.79 Å². The monoisotopic (exact) mass is 214 g/mol. The number of nitrogen functional groups attached to an aromatic ring is 2. The fourth-order valence-corrected chi connectivity index (χ4v) is 1.38. The smallest absolute Gasteiger partial charge is 0.230 e. The zero-order chi connectivity index (χ0) is 10.7. The number of hydrogen-bond acceptors (Lipinski definition) is 7. The minimum absolute atomic E-state index is 0.0247. The third-order valence-corrected chi connectivity index (χ3v) is 2.31. The summed E-state index contributed by atoms with van der Waals surface area (Å²) in [6, 6.07) is 0. The molecule has 8 heteroatoms. The molecule has 1 amide bonds. The fraction of sp³-hybridized carbons (Fsp3) is 0.333. The maximum Gasteiger partial charge on any atom is 0.230 e. The van der Waals surface area contributed by atoms with Crippen LogP contribution in [0.2, 0.25) is 0 Å². The van der Waals surface area contributed by atoms with Crippen molar-refractivity contribution >= 4 is 29.6 Å². The topological polar surface area (TPSA) is 134 Å². The maximum atomic E-state index is 10.7. The van der Waals surface area contributed by atoms with E-state index in [9.17, 15) is 4.79 Å². The van der Waals surface area contributed by atoms with Crippen LogP contribution >= 0.6 is 11.8 Å². The van der Waals surface area contributed by atoms with E-state index in [0.717, 1.165) is 11.8 Å². The molecule has 0 aromatic carbocycles. The predicted octanol–water partition coefficient (Wildman–Crippen LogP) is -0.998. The summed E-state index contributed by atoms with van der Waals surface area (Å²) in [5.41, 5.74) is 15.7. The van der Waals surface area contributed by atoms with E-state index in [-0.39, 0.29) is 11.9 Å². The van der Waals surface area contributed by atoms with Gasteiger partial charge in [-0.25, -0.2) is 0 Å². The van der Waals surface area contributed by atoms with Crippen LogP contribution in [-0.4, -0.2) is 26.1 Å². The molecule has 76 valence electrons. The van der Waals surface area contributed by atoms with Crippen LogP contribution in [0, 0.1) is 0 Å². The van der Waals surface area contributed by atoms with Crippen LogP contribution in [0.25, 0.3) is 0 Å². The third kappa shape index (κ3) is 2.73. The Hall–Kier alpha value is -1.57. The van der Waals surface area contributed by atoms with Crippen molar-refractivity contribution in [3.05, 3.63) is 0 Å². The van der Waals surface area contributed by atoms with Crippen molar-refractivity contribution in [1.29, 1.82) is 0 Å². The first-order valence-electron chi connectivity index (χ1n) is 3.72. The van der Waals surface area contributed by atoms with Crippen molar-refractivity contribution in [2.75, 3.05) is 11.5 Å². The minimum Gasteiger partial charge on any atom is -0.369 e. The van der Waals surface area contributed by atoms with Crippen molar-refractivity contribution < 1.29 is 4.79 Å². The maximum absolute atomic E-state index is 10.7. The number of nitrogens with two attached hydrogens (primary N) is 3. The number of carbonyl (C=O) groups excluding carboxylic acids is 1. The average Bonchev–Trinajstić information content (AvgIpc) is 2.01. The molecule has 0 saturated heterocycles. The van der Waals surface area contributed by atoms with E-state index in [4.69, 9.17) is 17.2 Å². The van der Waals surface area contributed by atoms with Gasteiger partial charge in [0, 0.05) is 0 Å². The average molecular weight is 214 g/mol. The normalized spacial score (nSPS) is 12.4. The summed E-state index contributed by atoms with van der Waals surface area (Å²) < 4.78 is 0. The molecule has 1 heterocycles. The number of amides is 1. The van der Waals surface area contributed by atoms with Gasteiger partial charge in [-0.05, 0) is 6.92 Å². The van der Waals surface area contributed by atoms with E-state index in [0.29, 0.717) is 5.16 Å². The van der Waals surface area contributed by atoms with Gasteiger partial charge in [0.25, 0.3) is 0 Å². The zero-order valence-corrected chi connectivity index (χ0v) is 8.28. The number of thioether (sulfide) groups is 1. The predicted molar refractivity (Wildman–Crippen MR) is 53.2 cm³/mol. The molecule has 0 radical (unpaired) electrons. The molecule has 14 heavy (non-hydrogen) atoms. The van der Waals surface area contributed by atoms with Gasteiger partial charge in [0.1, 0.15) is 0 Å². The summed E-state index contributed by atoms with van der Waals surface area (Å²) in [7, 11) is 0. The quantitative estimate of drug-likeness (QED) is 0.549. The van der Waals surface area contributed by atoms with Gasteiger partial charge >= 0.3 is 0 Å². The third-order valence-electron chi connectivity index (χ3n) is 1.33. The van der Waals surface area contributed by atoms with Gasteiger partial charge < -0.3 is 17.2 Å². The van der Waals surface area contributed by atoms with Crippen molar-refractivity contribution in [3.63, 3.8) is 0 Å². The van der Waals surface area contributed by atoms with Crippen LogP contribution in [0.1, 0.15) is 6.92 Å². The van der Waals surface area contributed by atoms with Gasteiger partial charge in [0.15, 0.2) is 5.16 Å². The van der Waals surface area contributed by atoms with Gasteiger partial charge in [-0.1, -0.05) is 11.8 Å². The molecule has 1 aromatic rings. The molecule has 7 nitrogen and oxygen atoms in total. The Morgan fingerprint density at radius 2 is 1.79 bits per heavy atom. The highest BCUT2D eigenvalue weighted by molar-refractivity contribution is 8.00. The van der Waals surface area contributed by atoms with Gasteiger partial charge in [0.05, 0.1) is 5.25 Å². The molecule has 0 fully saturated rings. The minimum atomic E-state index is -0.451. The molecule has 1 rings (SSSR count). The molecule has 1 aromatic heterocycles. The Bertz CT molecular complexity index is 336.